The number of carbonyl (C=O) groups is 1. The highest BCUT2D eigenvalue weighted by atomic mass is 16.5. The fraction of sp³-hybridized carbons (Fsp3) is 0.300. The Morgan fingerprint density at radius 1 is 1.03 bits per heavy atom. The van der Waals surface area contributed by atoms with E-state index < -0.39 is 0 Å². The highest BCUT2D eigenvalue weighted by molar-refractivity contribution is 5.89. The minimum Gasteiger partial charge on any atom is -0.497 e. The molecule has 150 valence electrons. The van der Waals surface area contributed by atoms with Crippen molar-refractivity contribution in [2.24, 2.45) is 0 Å². The molecule has 1 fully saturated rings. The van der Waals surface area contributed by atoms with Gasteiger partial charge in [0.15, 0.2) is 5.82 Å². The van der Waals surface area contributed by atoms with E-state index in [2.05, 4.69) is 25.3 Å². The molecule has 1 aromatic carbocycles. The van der Waals surface area contributed by atoms with Gasteiger partial charge in [-0.25, -0.2) is 19.4 Å². The zero-order chi connectivity index (χ0) is 20.2. The molecule has 1 aliphatic rings. The second-order valence-electron chi connectivity index (χ2n) is 6.77. The minimum absolute atomic E-state index is 0.106. The molecule has 0 saturated carbocycles. The third-order valence-electron chi connectivity index (χ3n) is 4.83. The van der Waals surface area contributed by atoms with E-state index in [0.29, 0.717) is 26.2 Å². The number of aryl methyl sites for hydroxylation is 1. The van der Waals surface area contributed by atoms with Gasteiger partial charge in [0.25, 0.3) is 0 Å². The molecule has 3 aromatic rings. The normalized spacial score (nSPS) is 14.0. The number of piperazine rings is 1. The van der Waals surface area contributed by atoms with Gasteiger partial charge in [0.05, 0.1) is 12.8 Å². The van der Waals surface area contributed by atoms with Gasteiger partial charge >= 0.3 is 6.03 Å². The standard InChI is InChI=1S/C20H23N7O2/c1-15-7-8-27(24-15)19-13-18(21-14-22-19)25-9-11-26(12-10-25)20(28)23-16-3-5-17(29-2)6-4-16/h3-8,13-14H,9-12H2,1-2H3,(H,23,28). The Kier molecular flexibility index (Phi) is 5.28. The zero-order valence-electron chi connectivity index (χ0n) is 16.4. The Morgan fingerprint density at radius 3 is 2.41 bits per heavy atom. The second-order valence-corrected chi connectivity index (χ2v) is 6.77. The van der Waals surface area contributed by atoms with Gasteiger partial charge in [-0.05, 0) is 37.3 Å². The first kappa shape index (κ1) is 18.7. The van der Waals surface area contributed by atoms with Crippen molar-refractivity contribution in [3.05, 3.63) is 54.6 Å². The van der Waals surface area contributed by atoms with Crippen molar-refractivity contribution in [3.8, 4) is 11.6 Å². The third-order valence-corrected chi connectivity index (χ3v) is 4.83. The van der Waals surface area contributed by atoms with Crippen LogP contribution in [0.25, 0.3) is 5.82 Å². The number of anilines is 2. The summed E-state index contributed by atoms with van der Waals surface area (Å²) in [5.41, 5.74) is 1.68. The Morgan fingerprint density at radius 2 is 1.76 bits per heavy atom. The molecule has 0 aliphatic carbocycles. The van der Waals surface area contributed by atoms with Crippen molar-refractivity contribution in [2.75, 3.05) is 43.5 Å². The van der Waals surface area contributed by atoms with E-state index >= 15 is 0 Å². The summed E-state index contributed by atoms with van der Waals surface area (Å²) in [4.78, 5) is 25.2. The molecule has 2 aromatic heterocycles. The molecule has 29 heavy (non-hydrogen) atoms. The van der Waals surface area contributed by atoms with Gasteiger partial charge in [0, 0.05) is 44.1 Å². The lowest BCUT2D eigenvalue weighted by atomic mass is 10.3. The van der Waals surface area contributed by atoms with Crippen LogP contribution in [-0.4, -0.2) is 64.0 Å². The second kappa shape index (κ2) is 8.17. The van der Waals surface area contributed by atoms with Gasteiger partial charge in [0.1, 0.15) is 17.9 Å². The molecule has 9 heteroatoms. The van der Waals surface area contributed by atoms with Crippen LogP contribution >= 0.6 is 0 Å². The average Bonchev–Trinajstić information content (AvgIpc) is 3.21. The molecule has 4 rings (SSSR count). The Bertz CT molecular complexity index is 979. The van der Waals surface area contributed by atoms with Crippen LogP contribution in [0.5, 0.6) is 5.75 Å². The summed E-state index contributed by atoms with van der Waals surface area (Å²) in [6, 6.07) is 11.0. The summed E-state index contributed by atoms with van der Waals surface area (Å²) < 4.78 is 6.87. The van der Waals surface area contributed by atoms with Crippen molar-refractivity contribution < 1.29 is 9.53 Å². The van der Waals surface area contributed by atoms with E-state index in [1.807, 2.05) is 49.5 Å². The highest BCUT2D eigenvalue weighted by Gasteiger charge is 2.22. The number of nitrogens with one attached hydrogen (secondary N) is 1. The molecular formula is C20H23N7O2. The first-order valence-corrected chi connectivity index (χ1v) is 9.42. The summed E-state index contributed by atoms with van der Waals surface area (Å²) in [6.45, 7) is 4.56. The van der Waals surface area contributed by atoms with E-state index in [4.69, 9.17) is 4.74 Å². The predicted octanol–water partition coefficient (Wildman–Crippen LogP) is 2.33. The van der Waals surface area contributed by atoms with Crippen molar-refractivity contribution in [3.63, 3.8) is 0 Å². The van der Waals surface area contributed by atoms with Gasteiger partial charge in [-0.2, -0.15) is 5.10 Å². The van der Waals surface area contributed by atoms with Crippen LogP contribution < -0.4 is 15.0 Å². The van der Waals surface area contributed by atoms with Crippen LogP contribution in [0.2, 0.25) is 0 Å². The molecule has 0 bridgehead atoms. The number of aromatic nitrogens is 4. The van der Waals surface area contributed by atoms with E-state index in [-0.39, 0.29) is 6.03 Å². The van der Waals surface area contributed by atoms with Crippen molar-refractivity contribution >= 4 is 17.5 Å². The van der Waals surface area contributed by atoms with Crippen LogP contribution in [0.3, 0.4) is 0 Å². The lowest BCUT2D eigenvalue weighted by Gasteiger charge is -2.35. The first-order valence-electron chi connectivity index (χ1n) is 9.42. The number of benzene rings is 1. The molecule has 0 unspecified atom stereocenters. The van der Waals surface area contributed by atoms with Gasteiger partial charge < -0.3 is 19.9 Å². The number of ether oxygens (including phenoxy) is 1. The molecule has 1 N–H and O–H groups in total. The number of hydrogen-bond acceptors (Lipinski definition) is 6. The maximum atomic E-state index is 12.5. The van der Waals surface area contributed by atoms with Gasteiger partial charge in [-0.15, -0.1) is 0 Å². The van der Waals surface area contributed by atoms with E-state index in [0.717, 1.165) is 28.8 Å². The fourth-order valence-corrected chi connectivity index (χ4v) is 3.19. The number of urea groups is 1. The largest absolute Gasteiger partial charge is 0.497 e. The molecule has 3 heterocycles. The van der Waals surface area contributed by atoms with Crippen molar-refractivity contribution in [1.82, 2.24) is 24.6 Å². The summed E-state index contributed by atoms with van der Waals surface area (Å²) in [7, 11) is 1.61. The highest BCUT2D eigenvalue weighted by Crippen LogP contribution is 2.18. The van der Waals surface area contributed by atoms with Crippen LogP contribution in [0.15, 0.2) is 48.9 Å². The summed E-state index contributed by atoms with van der Waals surface area (Å²) in [6.07, 6.45) is 3.42. The average molecular weight is 393 g/mol. The topological polar surface area (TPSA) is 88.4 Å². The SMILES string of the molecule is COc1ccc(NC(=O)N2CCN(c3cc(-n4ccc(C)n4)ncn3)CC2)cc1. The summed E-state index contributed by atoms with van der Waals surface area (Å²) >= 11 is 0. The first-order chi connectivity index (χ1) is 14.1. The van der Waals surface area contributed by atoms with E-state index in [9.17, 15) is 4.79 Å². The number of nitrogens with zero attached hydrogens (tertiary/aromatic N) is 6. The minimum atomic E-state index is -0.106. The van der Waals surface area contributed by atoms with Crippen molar-refractivity contribution in [2.45, 2.75) is 6.92 Å². The lowest BCUT2D eigenvalue weighted by molar-refractivity contribution is 0.208. The number of hydrogen-bond donors (Lipinski definition) is 1. The van der Waals surface area contributed by atoms with Crippen LogP contribution in [0, 0.1) is 6.92 Å². The van der Waals surface area contributed by atoms with Crippen molar-refractivity contribution in [1.29, 1.82) is 0 Å². The van der Waals surface area contributed by atoms with Gasteiger partial charge in [0.2, 0.25) is 0 Å². The summed E-state index contributed by atoms with van der Waals surface area (Å²) in [5, 5.41) is 7.32. The van der Waals surface area contributed by atoms with Crippen LogP contribution in [0.4, 0.5) is 16.3 Å². The Hall–Kier alpha value is -3.62. The molecule has 2 amide bonds. The molecule has 1 saturated heterocycles. The number of carbonyl (C=O) groups excluding carboxylic acids is 1. The molecule has 0 spiro atoms. The Labute approximate surface area is 168 Å². The quantitative estimate of drug-likeness (QED) is 0.732. The maximum absolute atomic E-state index is 12.5. The zero-order valence-corrected chi connectivity index (χ0v) is 16.4. The van der Waals surface area contributed by atoms with Gasteiger partial charge in [-0.3, -0.25) is 0 Å². The number of rotatable bonds is 4. The number of methoxy groups -OCH3 is 1. The van der Waals surface area contributed by atoms with Crippen LogP contribution in [-0.2, 0) is 0 Å². The lowest BCUT2D eigenvalue weighted by Crippen LogP contribution is -2.50. The number of amides is 2. The molecule has 0 atom stereocenters. The van der Waals surface area contributed by atoms with E-state index in [1.54, 1.807) is 23.0 Å². The molecular weight excluding hydrogens is 370 g/mol. The third kappa shape index (κ3) is 4.29. The van der Waals surface area contributed by atoms with Crippen LogP contribution in [0.1, 0.15) is 5.69 Å². The fourth-order valence-electron chi connectivity index (χ4n) is 3.19. The monoisotopic (exact) mass is 393 g/mol. The molecule has 1 aliphatic heterocycles. The maximum Gasteiger partial charge on any atom is 0.321 e. The summed E-state index contributed by atoms with van der Waals surface area (Å²) in [5.74, 6) is 2.31. The molecule has 9 nitrogen and oxygen atoms in total. The van der Waals surface area contributed by atoms with E-state index in [1.165, 1.54) is 0 Å². The molecule has 0 radical (unpaired) electrons. The Balaban J connectivity index is 1.36. The predicted molar refractivity (Wildman–Crippen MR) is 110 cm³/mol. The van der Waals surface area contributed by atoms with Gasteiger partial charge in [-0.1, -0.05) is 0 Å². The smallest absolute Gasteiger partial charge is 0.321 e.